The lowest BCUT2D eigenvalue weighted by molar-refractivity contribution is -0.115. The van der Waals surface area contributed by atoms with Crippen LogP contribution in [0.15, 0.2) is 53.3 Å². The Morgan fingerprint density at radius 1 is 1.04 bits per heavy atom. The SMILES string of the molecule is Cc1c(NC(=O)Cc2c(Cl)cccc2Cl)c(=O)n(-c2ccccc2)n1C. The number of amides is 1. The molecular weight excluding hydrogens is 373 g/mol. The van der Waals surface area contributed by atoms with Gasteiger partial charge in [0.1, 0.15) is 5.69 Å². The van der Waals surface area contributed by atoms with E-state index in [2.05, 4.69) is 5.32 Å². The molecule has 0 aliphatic heterocycles. The Kier molecular flexibility index (Phi) is 5.20. The molecule has 0 fully saturated rings. The van der Waals surface area contributed by atoms with Gasteiger partial charge in [-0.25, -0.2) is 4.68 Å². The molecule has 0 atom stereocenters. The number of halogens is 2. The fraction of sp³-hybridized carbons (Fsp3) is 0.158. The maximum Gasteiger partial charge on any atom is 0.295 e. The summed E-state index contributed by atoms with van der Waals surface area (Å²) >= 11 is 12.2. The highest BCUT2D eigenvalue weighted by Crippen LogP contribution is 2.25. The molecule has 0 aliphatic rings. The topological polar surface area (TPSA) is 56.0 Å². The van der Waals surface area contributed by atoms with Crippen LogP contribution in [0, 0.1) is 6.92 Å². The van der Waals surface area contributed by atoms with Gasteiger partial charge in [0.25, 0.3) is 5.56 Å². The highest BCUT2D eigenvalue weighted by Gasteiger charge is 2.19. The fourth-order valence-electron chi connectivity index (χ4n) is 2.76. The highest BCUT2D eigenvalue weighted by molar-refractivity contribution is 6.36. The van der Waals surface area contributed by atoms with Gasteiger partial charge in [-0.3, -0.25) is 14.3 Å². The molecule has 3 aromatic rings. The third-order valence-electron chi connectivity index (χ3n) is 4.22. The number of rotatable bonds is 4. The number of para-hydroxylation sites is 1. The number of hydrogen-bond donors (Lipinski definition) is 1. The zero-order chi connectivity index (χ0) is 18.8. The standard InChI is InChI=1S/C19H17Cl2N3O2/c1-12-18(19(26)24(23(12)2)13-7-4-3-5-8-13)22-17(25)11-14-15(20)9-6-10-16(14)21/h3-10H,11H2,1-2H3,(H,22,25). The molecule has 1 amide bonds. The summed E-state index contributed by atoms with van der Waals surface area (Å²) in [6, 6.07) is 14.3. The average molecular weight is 390 g/mol. The Morgan fingerprint density at radius 3 is 2.27 bits per heavy atom. The van der Waals surface area contributed by atoms with Crippen LogP contribution in [0.3, 0.4) is 0 Å². The van der Waals surface area contributed by atoms with E-state index in [0.29, 0.717) is 21.3 Å². The van der Waals surface area contributed by atoms with E-state index < -0.39 is 0 Å². The van der Waals surface area contributed by atoms with Crippen LogP contribution < -0.4 is 10.9 Å². The Bertz CT molecular complexity index is 1000. The van der Waals surface area contributed by atoms with Crippen LogP contribution in [0.2, 0.25) is 10.0 Å². The van der Waals surface area contributed by atoms with Crippen LogP contribution in [0.1, 0.15) is 11.3 Å². The van der Waals surface area contributed by atoms with E-state index in [-0.39, 0.29) is 23.6 Å². The smallest absolute Gasteiger partial charge is 0.295 e. The zero-order valence-electron chi connectivity index (χ0n) is 14.3. The predicted octanol–water partition coefficient (Wildman–Crippen LogP) is 3.97. The third-order valence-corrected chi connectivity index (χ3v) is 4.93. The van der Waals surface area contributed by atoms with Gasteiger partial charge in [-0.05, 0) is 36.8 Å². The summed E-state index contributed by atoms with van der Waals surface area (Å²) in [5.41, 5.74) is 1.85. The Morgan fingerprint density at radius 2 is 1.65 bits per heavy atom. The second kappa shape index (κ2) is 7.40. The number of nitrogens with one attached hydrogen (secondary N) is 1. The lowest BCUT2D eigenvalue weighted by Gasteiger charge is -2.07. The van der Waals surface area contributed by atoms with Gasteiger partial charge >= 0.3 is 0 Å². The minimum absolute atomic E-state index is 0.0163. The number of nitrogens with zero attached hydrogens (tertiary/aromatic N) is 2. The number of anilines is 1. The van der Waals surface area contributed by atoms with Gasteiger partial charge in [0.05, 0.1) is 17.8 Å². The molecule has 0 unspecified atom stereocenters. The first kappa shape index (κ1) is 18.3. The summed E-state index contributed by atoms with van der Waals surface area (Å²) < 4.78 is 3.21. The van der Waals surface area contributed by atoms with Crippen molar-refractivity contribution in [3.8, 4) is 5.69 Å². The van der Waals surface area contributed by atoms with Gasteiger partial charge < -0.3 is 5.32 Å². The maximum absolute atomic E-state index is 12.8. The van der Waals surface area contributed by atoms with Crippen LogP contribution in [0.25, 0.3) is 5.69 Å². The molecule has 2 aromatic carbocycles. The molecule has 0 saturated heterocycles. The van der Waals surface area contributed by atoms with Gasteiger partial charge in [0.2, 0.25) is 5.91 Å². The minimum Gasteiger partial charge on any atom is -0.320 e. The summed E-state index contributed by atoms with van der Waals surface area (Å²) in [5.74, 6) is -0.356. The van der Waals surface area contributed by atoms with Crippen molar-refractivity contribution in [3.05, 3.63) is 80.2 Å². The van der Waals surface area contributed by atoms with Crippen LogP contribution >= 0.6 is 23.2 Å². The van der Waals surface area contributed by atoms with E-state index in [1.165, 1.54) is 4.68 Å². The van der Waals surface area contributed by atoms with E-state index in [4.69, 9.17) is 23.2 Å². The summed E-state index contributed by atoms with van der Waals surface area (Å²) in [6.07, 6.45) is -0.0163. The quantitative estimate of drug-likeness (QED) is 0.733. The minimum atomic E-state index is -0.356. The predicted molar refractivity (Wildman–Crippen MR) is 105 cm³/mol. The third kappa shape index (κ3) is 3.41. The van der Waals surface area contributed by atoms with E-state index in [9.17, 15) is 9.59 Å². The molecule has 1 N–H and O–H groups in total. The van der Waals surface area contributed by atoms with E-state index >= 15 is 0 Å². The first-order chi connectivity index (χ1) is 12.4. The first-order valence-electron chi connectivity index (χ1n) is 7.97. The summed E-state index contributed by atoms with van der Waals surface area (Å²) in [5, 5.41) is 3.53. The van der Waals surface area contributed by atoms with Crippen LogP contribution in [0.4, 0.5) is 5.69 Å². The largest absolute Gasteiger partial charge is 0.320 e. The number of aromatic nitrogens is 2. The number of hydrogen-bond acceptors (Lipinski definition) is 2. The van der Waals surface area contributed by atoms with E-state index in [0.717, 1.165) is 5.69 Å². The molecule has 0 radical (unpaired) electrons. The van der Waals surface area contributed by atoms with Crippen molar-refractivity contribution in [2.45, 2.75) is 13.3 Å². The highest BCUT2D eigenvalue weighted by atomic mass is 35.5. The zero-order valence-corrected chi connectivity index (χ0v) is 15.8. The molecule has 26 heavy (non-hydrogen) atoms. The second-order valence-electron chi connectivity index (χ2n) is 5.86. The van der Waals surface area contributed by atoms with Gasteiger partial charge in [0, 0.05) is 17.1 Å². The molecule has 7 heteroatoms. The summed E-state index contributed by atoms with van der Waals surface area (Å²) in [6.45, 7) is 1.78. The van der Waals surface area contributed by atoms with Crippen molar-refractivity contribution in [2.24, 2.45) is 7.05 Å². The van der Waals surface area contributed by atoms with Gasteiger partial charge in [-0.1, -0.05) is 47.5 Å². The summed E-state index contributed by atoms with van der Waals surface area (Å²) in [4.78, 5) is 25.3. The van der Waals surface area contributed by atoms with Crippen LogP contribution in [-0.2, 0) is 18.3 Å². The Labute approximate surface area is 160 Å². The van der Waals surface area contributed by atoms with Crippen molar-refractivity contribution in [2.75, 3.05) is 5.32 Å². The number of benzene rings is 2. The molecule has 1 aromatic heterocycles. The maximum atomic E-state index is 12.8. The molecular formula is C19H17Cl2N3O2. The Hall–Kier alpha value is -2.50. The Balaban J connectivity index is 1.91. The molecule has 0 bridgehead atoms. The molecule has 0 saturated carbocycles. The monoisotopic (exact) mass is 389 g/mol. The molecule has 0 aliphatic carbocycles. The molecule has 3 rings (SSSR count). The van der Waals surface area contributed by atoms with Crippen molar-refractivity contribution in [3.63, 3.8) is 0 Å². The van der Waals surface area contributed by atoms with Crippen molar-refractivity contribution >= 4 is 34.8 Å². The van der Waals surface area contributed by atoms with Crippen molar-refractivity contribution in [1.82, 2.24) is 9.36 Å². The second-order valence-corrected chi connectivity index (χ2v) is 6.68. The fourth-order valence-corrected chi connectivity index (χ4v) is 3.29. The van der Waals surface area contributed by atoms with Gasteiger partial charge in [-0.2, -0.15) is 0 Å². The number of carbonyl (C=O) groups excluding carboxylic acids is 1. The van der Waals surface area contributed by atoms with Gasteiger partial charge in [-0.15, -0.1) is 0 Å². The summed E-state index contributed by atoms with van der Waals surface area (Å²) in [7, 11) is 1.77. The lowest BCUT2D eigenvalue weighted by Crippen LogP contribution is -2.23. The molecule has 1 heterocycles. The van der Waals surface area contributed by atoms with E-state index in [1.807, 2.05) is 30.3 Å². The first-order valence-corrected chi connectivity index (χ1v) is 8.72. The molecule has 0 spiro atoms. The average Bonchev–Trinajstić information content (AvgIpc) is 2.82. The van der Waals surface area contributed by atoms with Crippen molar-refractivity contribution in [1.29, 1.82) is 0 Å². The van der Waals surface area contributed by atoms with Crippen LogP contribution in [-0.4, -0.2) is 15.3 Å². The van der Waals surface area contributed by atoms with Gasteiger partial charge in [0.15, 0.2) is 0 Å². The molecule has 134 valence electrons. The number of carbonyl (C=O) groups is 1. The normalized spacial score (nSPS) is 10.8. The molecule has 5 nitrogen and oxygen atoms in total. The lowest BCUT2D eigenvalue weighted by atomic mass is 10.1. The van der Waals surface area contributed by atoms with E-state index in [1.54, 1.807) is 36.9 Å². The van der Waals surface area contributed by atoms with Crippen LogP contribution in [0.5, 0.6) is 0 Å². The van der Waals surface area contributed by atoms with Crippen molar-refractivity contribution < 1.29 is 4.79 Å².